The zero-order valence-corrected chi connectivity index (χ0v) is 10.1. The van der Waals surface area contributed by atoms with Crippen molar-refractivity contribution in [2.24, 2.45) is 5.92 Å². The molecule has 0 bridgehead atoms. The van der Waals surface area contributed by atoms with Crippen LogP contribution in [0.5, 0.6) is 0 Å². The average Bonchev–Trinajstić information content (AvgIpc) is 2.70. The second kappa shape index (κ2) is 6.85. The summed E-state index contributed by atoms with van der Waals surface area (Å²) in [7, 11) is 1.75. The molecule has 1 aliphatic rings. The van der Waals surface area contributed by atoms with Crippen LogP contribution in [0.15, 0.2) is 11.8 Å². The Morgan fingerprint density at radius 2 is 2.40 bits per heavy atom. The highest BCUT2D eigenvalue weighted by Crippen LogP contribution is 2.19. The number of methoxy groups -OCH3 is 1. The van der Waals surface area contributed by atoms with Crippen LogP contribution in [0.3, 0.4) is 0 Å². The zero-order valence-electron chi connectivity index (χ0n) is 10.1. The number of nitrogens with one attached hydrogen (secondary N) is 1. The van der Waals surface area contributed by atoms with Crippen LogP contribution in [0.2, 0.25) is 0 Å². The van der Waals surface area contributed by atoms with Crippen LogP contribution < -0.4 is 5.32 Å². The van der Waals surface area contributed by atoms with E-state index in [1.54, 1.807) is 7.11 Å². The monoisotopic (exact) mass is 213 g/mol. The van der Waals surface area contributed by atoms with Gasteiger partial charge in [-0.3, -0.25) is 0 Å². The van der Waals surface area contributed by atoms with Gasteiger partial charge < -0.3 is 14.8 Å². The van der Waals surface area contributed by atoms with Crippen molar-refractivity contribution in [3.8, 4) is 0 Å². The van der Waals surface area contributed by atoms with Crippen LogP contribution in [-0.2, 0) is 9.47 Å². The molecule has 1 N–H and O–H groups in total. The van der Waals surface area contributed by atoms with Gasteiger partial charge in [0.2, 0.25) is 0 Å². The van der Waals surface area contributed by atoms with Gasteiger partial charge in [-0.25, -0.2) is 0 Å². The van der Waals surface area contributed by atoms with Gasteiger partial charge in [-0.05, 0) is 25.0 Å². The minimum atomic E-state index is 0.364. The molecule has 2 atom stereocenters. The van der Waals surface area contributed by atoms with Crippen molar-refractivity contribution in [2.75, 3.05) is 26.9 Å². The molecule has 0 aromatic heterocycles. The third-order valence-electron chi connectivity index (χ3n) is 2.62. The maximum atomic E-state index is 5.60. The highest BCUT2D eigenvalue weighted by molar-refractivity contribution is 5.07. The molecule has 2 unspecified atom stereocenters. The molecule has 0 aliphatic carbocycles. The van der Waals surface area contributed by atoms with Crippen molar-refractivity contribution in [3.63, 3.8) is 0 Å². The molecule has 1 aliphatic heterocycles. The molecule has 88 valence electrons. The molecule has 1 heterocycles. The van der Waals surface area contributed by atoms with Crippen LogP contribution in [-0.4, -0.2) is 32.9 Å². The highest BCUT2D eigenvalue weighted by Gasteiger charge is 2.20. The summed E-state index contributed by atoms with van der Waals surface area (Å²) in [4.78, 5) is 0. The van der Waals surface area contributed by atoms with E-state index < -0.39 is 0 Å². The van der Waals surface area contributed by atoms with Crippen LogP contribution in [0.25, 0.3) is 0 Å². The highest BCUT2D eigenvalue weighted by atomic mass is 16.5. The van der Waals surface area contributed by atoms with Gasteiger partial charge in [0.05, 0.1) is 12.6 Å². The Hall–Kier alpha value is -0.540. The molecule has 15 heavy (non-hydrogen) atoms. The van der Waals surface area contributed by atoms with Crippen molar-refractivity contribution in [1.29, 1.82) is 0 Å². The Kier molecular flexibility index (Phi) is 5.73. The fourth-order valence-electron chi connectivity index (χ4n) is 1.98. The van der Waals surface area contributed by atoms with Crippen molar-refractivity contribution < 1.29 is 9.47 Å². The average molecular weight is 213 g/mol. The number of rotatable bonds is 7. The lowest BCUT2D eigenvalue weighted by Gasteiger charge is -2.22. The lowest BCUT2D eigenvalue weighted by Crippen LogP contribution is -2.33. The van der Waals surface area contributed by atoms with Gasteiger partial charge in [-0.1, -0.05) is 13.8 Å². The Morgan fingerprint density at radius 1 is 1.60 bits per heavy atom. The molecule has 3 nitrogen and oxygen atoms in total. The summed E-state index contributed by atoms with van der Waals surface area (Å²) in [5, 5.41) is 3.47. The molecule has 0 fully saturated rings. The van der Waals surface area contributed by atoms with E-state index in [-0.39, 0.29) is 0 Å². The first kappa shape index (κ1) is 12.5. The standard InChI is InChI=1S/C12H23NO2/c1-4-13-11(8-10(2)9-14-3)12-6-5-7-15-12/h6,10-11,13H,4-5,7-9H2,1-3H3. The van der Waals surface area contributed by atoms with Gasteiger partial charge in [-0.2, -0.15) is 0 Å². The van der Waals surface area contributed by atoms with Crippen molar-refractivity contribution in [1.82, 2.24) is 5.32 Å². The molecule has 0 saturated carbocycles. The summed E-state index contributed by atoms with van der Waals surface area (Å²) in [5.74, 6) is 1.68. The van der Waals surface area contributed by atoms with E-state index in [1.807, 2.05) is 0 Å². The normalized spacial score (nSPS) is 19.5. The fraction of sp³-hybridized carbons (Fsp3) is 0.833. The number of ether oxygens (including phenoxy) is 2. The summed E-state index contributed by atoms with van der Waals surface area (Å²) >= 11 is 0. The minimum absolute atomic E-state index is 0.364. The van der Waals surface area contributed by atoms with Crippen molar-refractivity contribution in [3.05, 3.63) is 11.8 Å². The Bertz CT molecular complexity index is 204. The predicted molar refractivity (Wildman–Crippen MR) is 61.8 cm³/mol. The van der Waals surface area contributed by atoms with E-state index >= 15 is 0 Å². The van der Waals surface area contributed by atoms with Crippen LogP contribution >= 0.6 is 0 Å². The maximum Gasteiger partial charge on any atom is 0.109 e. The molecule has 0 aromatic rings. The fourth-order valence-corrected chi connectivity index (χ4v) is 1.98. The molecule has 0 spiro atoms. The molecule has 0 radical (unpaired) electrons. The van der Waals surface area contributed by atoms with Crippen LogP contribution in [0.1, 0.15) is 26.7 Å². The van der Waals surface area contributed by atoms with Gasteiger partial charge in [0.15, 0.2) is 0 Å². The zero-order chi connectivity index (χ0) is 11.1. The summed E-state index contributed by atoms with van der Waals surface area (Å²) in [5.41, 5.74) is 0. The largest absolute Gasteiger partial charge is 0.496 e. The second-order valence-electron chi connectivity index (χ2n) is 4.15. The molecule has 0 aromatic carbocycles. The summed E-state index contributed by atoms with van der Waals surface area (Å²) in [6, 6.07) is 0.364. The molecule has 1 rings (SSSR count). The quantitative estimate of drug-likeness (QED) is 0.701. The lowest BCUT2D eigenvalue weighted by molar-refractivity contribution is 0.142. The maximum absolute atomic E-state index is 5.60. The summed E-state index contributed by atoms with van der Waals surface area (Å²) < 4.78 is 10.8. The van der Waals surface area contributed by atoms with Gasteiger partial charge in [0.1, 0.15) is 5.76 Å². The number of hydrogen-bond acceptors (Lipinski definition) is 3. The molecule has 0 amide bonds. The van der Waals surface area contributed by atoms with Gasteiger partial charge in [-0.15, -0.1) is 0 Å². The first-order valence-electron chi connectivity index (χ1n) is 5.83. The lowest BCUT2D eigenvalue weighted by atomic mass is 10.0. The first-order valence-corrected chi connectivity index (χ1v) is 5.83. The van der Waals surface area contributed by atoms with E-state index in [1.165, 1.54) is 0 Å². The van der Waals surface area contributed by atoms with E-state index in [0.29, 0.717) is 12.0 Å². The van der Waals surface area contributed by atoms with E-state index in [9.17, 15) is 0 Å². The Labute approximate surface area is 92.8 Å². The summed E-state index contributed by atoms with van der Waals surface area (Å²) in [6.07, 6.45) is 4.33. The third-order valence-corrected chi connectivity index (χ3v) is 2.62. The number of hydrogen-bond donors (Lipinski definition) is 1. The Balaban J connectivity index is 2.42. The molecular formula is C12H23NO2. The SMILES string of the molecule is CCNC(CC(C)COC)C1=CCCO1. The van der Waals surface area contributed by atoms with Crippen LogP contribution in [0.4, 0.5) is 0 Å². The van der Waals surface area contributed by atoms with Crippen molar-refractivity contribution >= 4 is 0 Å². The topological polar surface area (TPSA) is 30.5 Å². The number of likely N-dealkylation sites (N-methyl/N-ethyl adjacent to an activating group) is 1. The van der Waals surface area contributed by atoms with E-state index in [4.69, 9.17) is 9.47 Å². The minimum Gasteiger partial charge on any atom is -0.496 e. The molecule has 3 heteroatoms. The summed E-state index contributed by atoms with van der Waals surface area (Å²) in [6.45, 7) is 6.98. The third kappa shape index (κ3) is 4.22. The van der Waals surface area contributed by atoms with Gasteiger partial charge in [0.25, 0.3) is 0 Å². The van der Waals surface area contributed by atoms with Crippen LogP contribution in [0, 0.1) is 5.92 Å². The smallest absolute Gasteiger partial charge is 0.109 e. The first-order chi connectivity index (χ1) is 7.27. The molecule has 0 saturated heterocycles. The predicted octanol–water partition coefficient (Wildman–Crippen LogP) is 1.94. The van der Waals surface area contributed by atoms with Gasteiger partial charge in [0, 0.05) is 20.1 Å². The van der Waals surface area contributed by atoms with Gasteiger partial charge >= 0.3 is 0 Å². The Morgan fingerprint density at radius 3 is 2.93 bits per heavy atom. The second-order valence-corrected chi connectivity index (χ2v) is 4.15. The van der Waals surface area contributed by atoms with E-state index in [2.05, 4.69) is 25.2 Å². The van der Waals surface area contributed by atoms with Crippen molar-refractivity contribution in [2.45, 2.75) is 32.7 Å². The van der Waals surface area contributed by atoms with E-state index in [0.717, 1.165) is 38.4 Å². The molecular weight excluding hydrogens is 190 g/mol.